The number of hydrogen-bond donors (Lipinski definition) is 3. The number of nitrogens with zero attached hydrogens (tertiary/aromatic N) is 4. The minimum absolute atomic E-state index is 0.0906. The molecule has 0 fully saturated rings. The van der Waals surface area contributed by atoms with Crippen molar-refractivity contribution in [2.24, 2.45) is 10.2 Å². The number of aromatic nitrogens is 2. The zero-order valence-corrected chi connectivity index (χ0v) is 15.0. The summed E-state index contributed by atoms with van der Waals surface area (Å²) < 4.78 is 1.33. The van der Waals surface area contributed by atoms with Crippen molar-refractivity contribution in [3.63, 3.8) is 0 Å². The molecule has 3 aromatic rings. The lowest BCUT2D eigenvalue weighted by Gasteiger charge is -2.06. The smallest absolute Gasteiger partial charge is 0.338 e. The van der Waals surface area contributed by atoms with Gasteiger partial charge in [-0.25, -0.2) is 4.79 Å². The van der Waals surface area contributed by atoms with Crippen LogP contribution in [0.15, 0.2) is 46.6 Å². The lowest BCUT2D eigenvalue weighted by molar-refractivity contribution is 0.0697. The summed E-state index contributed by atoms with van der Waals surface area (Å²) in [6.45, 7) is 5.59. The Morgan fingerprint density at radius 2 is 1.70 bits per heavy atom. The van der Waals surface area contributed by atoms with Gasteiger partial charge in [-0.2, -0.15) is 9.78 Å². The number of aromatic carboxylic acids is 1. The number of aromatic hydroxyl groups is 2. The molecule has 0 spiro atoms. The minimum atomic E-state index is -1.24. The first kappa shape index (κ1) is 18.1. The van der Waals surface area contributed by atoms with Crippen molar-refractivity contribution >= 4 is 17.3 Å². The largest absolute Gasteiger partial charge is 0.506 e. The molecule has 1 aromatic heterocycles. The topological polar surface area (TPSA) is 120 Å². The van der Waals surface area contributed by atoms with E-state index in [-0.39, 0.29) is 28.6 Å². The van der Waals surface area contributed by atoms with Crippen molar-refractivity contribution in [3.05, 3.63) is 58.8 Å². The Balaban J connectivity index is 2.05. The number of benzene rings is 2. The normalized spacial score (nSPS) is 11.2. The summed E-state index contributed by atoms with van der Waals surface area (Å²) in [4.78, 5) is 11.3. The van der Waals surface area contributed by atoms with Crippen LogP contribution in [0.3, 0.4) is 0 Å². The van der Waals surface area contributed by atoms with E-state index < -0.39 is 5.97 Å². The number of carboxylic acid groups (broad SMARTS) is 1. The Morgan fingerprint density at radius 3 is 2.37 bits per heavy atom. The quantitative estimate of drug-likeness (QED) is 0.594. The van der Waals surface area contributed by atoms with Crippen LogP contribution < -0.4 is 0 Å². The summed E-state index contributed by atoms with van der Waals surface area (Å²) in [5.74, 6) is -1.80. The molecule has 1 heterocycles. The number of carbonyl (C=O) groups is 1. The molecule has 0 bridgehead atoms. The number of aryl methyl sites for hydroxylation is 3. The van der Waals surface area contributed by atoms with Gasteiger partial charge in [-0.3, -0.25) is 0 Å². The molecule has 0 aliphatic heterocycles. The van der Waals surface area contributed by atoms with E-state index >= 15 is 0 Å². The molecule has 0 saturated carbocycles. The molecule has 0 atom stereocenters. The first-order valence-electron chi connectivity index (χ1n) is 8.13. The first-order chi connectivity index (χ1) is 12.8. The third-order valence-corrected chi connectivity index (χ3v) is 4.24. The van der Waals surface area contributed by atoms with Crippen molar-refractivity contribution in [2.45, 2.75) is 20.8 Å². The van der Waals surface area contributed by atoms with Crippen LogP contribution in [0.5, 0.6) is 11.6 Å². The Morgan fingerprint density at radius 1 is 1.00 bits per heavy atom. The molecule has 2 aromatic carbocycles. The van der Waals surface area contributed by atoms with E-state index in [0.717, 1.165) is 11.1 Å². The predicted molar refractivity (Wildman–Crippen MR) is 98.7 cm³/mol. The number of carboxylic acids is 1. The highest BCUT2D eigenvalue weighted by molar-refractivity contribution is 5.94. The summed E-state index contributed by atoms with van der Waals surface area (Å²) in [5.41, 5.74) is 2.93. The van der Waals surface area contributed by atoms with E-state index in [0.29, 0.717) is 11.4 Å². The fraction of sp³-hybridized carbons (Fsp3) is 0.158. The third-order valence-electron chi connectivity index (χ3n) is 4.24. The van der Waals surface area contributed by atoms with Gasteiger partial charge >= 0.3 is 5.97 Å². The van der Waals surface area contributed by atoms with E-state index in [1.807, 2.05) is 32.0 Å². The maximum absolute atomic E-state index is 11.3. The first-order valence-corrected chi connectivity index (χ1v) is 8.13. The van der Waals surface area contributed by atoms with Crippen molar-refractivity contribution in [3.8, 4) is 17.3 Å². The highest BCUT2D eigenvalue weighted by atomic mass is 16.4. The Labute approximate surface area is 155 Å². The standard InChI is InChI=1S/C19H18N4O4/c1-10-7-8-13(9-11(10)2)23-18(25)16(12(3)22-23)20-21-17-14(19(26)27)5-4-6-15(17)24/h4-9,24-25H,1-3H3,(H,26,27)/b21-20+. The SMILES string of the molecule is Cc1ccc(-n2nc(C)c(/N=N/c3c(O)cccc3C(=O)O)c2O)cc1C. The maximum atomic E-state index is 11.3. The predicted octanol–water partition coefficient (Wildman–Crippen LogP) is 4.32. The van der Waals surface area contributed by atoms with E-state index in [1.54, 1.807) is 6.92 Å². The molecule has 27 heavy (non-hydrogen) atoms. The summed E-state index contributed by atoms with van der Waals surface area (Å²) >= 11 is 0. The highest BCUT2D eigenvalue weighted by Crippen LogP contribution is 2.36. The molecule has 138 valence electrons. The molecule has 8 nitrogen and oxygen atoms in total. The lowest BCUT2D eigenvalue weighted by Crippen LogP contribution is -1.97. The number of phenols is 1. The van der Waals surface area contributed by atoms with Crippen molar-refractivity contribution in [1.29, 1.82) is 0 Å². The van der Waals surface area contributed by atoms with Crippen LogP contribution in [-0.4, -0.2) is 31.1 Å². The van der Waals surface area contributed by atoms with Crippen molar-refractivity contribution in [1.82, 2.24) is 9.78 Å². The maximum Gasteiger partial charge on any atom is 0.338 e. The second kappa shape index (κ2) is 6.91. The van der Waals surface area contributed by atoms with Crippen LogP contribution in [0.4, 0.5) is 11.4 Å². The average molecular weight is 366 g/mol. The van der Waals surface area contributed by atoms with Gasteiger partial charge in [-0.05, 0) is 56.2 Å². The molecule has 3 rings (SSSR count). The fourth-order valence-corrected chi connectivity index (χ4v) is 2.57. The van der Waals surface area contributed by atoms with Gasteiger partial charge in [0.05, 0.1) is 16.9 Å². The van der Waals surface area contributed by atoms with E-state index in [2.05, 4.69) is 15.3 Å². The molecule has 8 heteroatoms. The van der Waals surface area contributed by atoms with Gasteiger partial charge in [0.25, 0.3) is 0 Å². The number of rotatable bonds is 4. The molecule has 0 unspecified atom stereocenters. The van der Waals surface area contributed by atoms with Crippen LogP contribution in [-0.2, 0) is 0 Å². The molecule has 0 saturated heterocycles. The Hall–Kier alpha value is -3.68. The van der Waals surface area contributed by atoms with Crippen molar-refractivity contribution in [2.75, 3.05) is 0 Å². The van der Waals surface area contributed by atoms with E-state index in [9.17, 15) is 20.1 Å². The summed E-state index contributed by atoms with van der Waals surface area (Å²) in [6, 6.07) is 9.64. The second-order valence-corrected chi connectivity index (χ2v) is 6.12. The zero-order chi connectivity index (χ0) is 19.7. The number of hydrogen-bond acceptors (Lipinski definition) is 6. The van der Waals surface area contributed by atoms with Crippen LogP contribution in [0, 0.1) is 20.8 Å². The van der Waals surface area contributed by atoms with Crippen LogP contribution in [0.2, 0.25) is 0 Å². The lowest BCUT2D eigenvalue weighted by atomic mass is 10.1. The average Bonchev–Trinajstić information content (AvgIpc) is 2.90. The van der Waals surface area contributed by atoms with Crippen molar-refractivity contribution < 1.29 is 20.1 Å². The van der Waals surface area contributed by atoms with Gasteiger partial charge in [0, 0.05) is 0 Å². The fourth-order valence-electron chi connectivity index (χ4n) is 2.57. The van der Waals surface area contributed by atoms with Crippen LogP contribution >= 0.6 is 0 Å². The van der Waals surface area contributed by atoms with Crippen LogP contribution in [0.1, 0.15) is 27.2 Å². The summed E-state index contributed by atoms with van der Waals surface area (Å²) in [5, 5.41) is 41.7. The molecule has 0 radical (unpaired) electrons. The molecule has 0 amide bonds. The second-order valence-electron chi connectivity index (χ2n) is 6.12. The van der Waals surface area contributed by atoms with Gasteiger partial charge in [0.15, 0.2) is 5.69 Å². The van der Waals surface area contributed by atoms with E-state index in [4.69, 9.17) is 0 Å². The highest BCUT2D eigenvalue weighted by Gasteiger charge is 2.18. The minimum Gasteiger partial charge on any atom is -0.506 e. The summed E-state index contributed by atoms with van der Waals surface area (Å²) in [6.07, 6.45) is 0. The van der Waals surface area contributed by atoms with E-state index in [1.165, 1.54) is 22.9 Å². The van der Waals surface area contributed by atoms with Gasteiger partial charge in [0.1, 0.15) is 11.4 Å². The van der Waals surface area contributed by atoms with Gasteiger partial charge in [-0.1, -0.05) is 12.1 Å². The molecule has 0 aliphatic carbocycles. The van der Waals surface area contributed by atoms with Gasteiger partial charge < -0.3 is 15.3 Å². The molecular weight excluding hydrogens is 348 g/mol. The molecule has 0 aliphatic rings. The zero-order valence-electron chi connectivity index (χ0n) is 15.0. The monoisotopic (exact) mass is 366 g/mol. The third kappa shape index (κ3) is 3.37. The van der Waals surface area contributed by atoms with Crippen LogP contribution in [0.25, 0.3) is 5.69 Å². The van der Waals surface area contributed by atoms with Gasteiger partial charge in [-0.15, -0.1) is 10.2 Å². The molecular formula is C19H18N4O4. The molecule has 3 N–H and O–H groups in total. The van der Waals surface area contributed by atoms with Gasteiger partial charge in [0.2, 0.25) is 5.88 Å². The Bertz CT molecular complexity index is 1070. The summed E-state index contributed by atoms with van der Waals surface area (Å²) in [7, 11) is 0. The number of phenolic OH excluding ortho intramolecular Hbond substituents is 1. The Kier molecular flexibility index (Phi) is 4.64. The number of azo groups is 1.